The average Bonchev–Trinajstić information content (AvgIpc) is 2.59. The number of para-hydroxylation sites is 1. The van der Waals surface area contributed by atoms with Crippen molar-refractivity contribution in [1.29, 1.82) is 0 Å². The van der Waals surface area contributed by atoms with Crippen LogP contribution in [0.1, 0.15) is 18.4 Å². The van der Waals surface area contributed by atoms with Crippen molar-refractivity contribution in [2.45, 2.75) is 18.4 Å². The van der Waals surface area contributed by atoms with Crippen molar-refractivity contribution in [3.05, 3.63) is 60.4 Å². The molecule has 116 valence electrons. The van der Waals surface area contributed by atoms with Crippen molar-refractivity contribution in [2.24, 2.45) is 0 Å². The summed E-state index contributed by atoms with van der Waals surface area (Å²) in [4.78, 5) is 6.45. The van der Waals surface area contributed by atoms with Crippen molar-refractivity contribution in [3.63, 3.8) is 0 Å². The number of pyridine rings is 1. The lowest BCUT2D eigenvalue weighted by molar-refractivity contribution is -0.0280. The molecule has 3 rings (SSSR count). The van der Waals surface area contributed by atoms with E-state index >= 15 is 0 Å². The predicted molar refractivity (Wildman–Crippen MR) is 85.7 cm³/mol. The molecule has 2 heterocycles. The van der Waals surface area contributed by atoms with E-state index in [1.807, 2.05) is 42.5 Å². The summed E-state index contributed by atoms with van der Waals surface area (Å²) in [5, 5.41) is 10.8. The molecule has 1 aromatic carbocycles. The molecule has 0 saturated carbocycles. The third-order valence-electron chi connectivity index (χ3n) is 4.30. The lowest BCUT2D eigenvalue weighted by atomic mass is 9.85. The molecule has 1 aliphatic heterocycles. The Bertz CT molecular complexity index is 566. The van der Waals surface area contributed by atoms with Gasteiger partial charge in [0.1, 0.15) is 12.4 Å². The van der Waals surface area contributed by atoms with Gasteiger partial charge in [-0.2, -0.15) is 0 Å². The van der Waals surface area contributed by atoms with E-state index in [1.54, 1.807) is 12.4 Å². The van der Waals surface area contributed by atoms with E-state index in [4.69, 9.17) is 4.74 Å². The maximum Gasteiger partial charge on any atom is 0.119 e. The van der Waals surface area contributed by atoms with Gasteiger partial charge < -0.3 is 9.84 Å². The number of nitrogens with zero attached hydrogens (tertiary/aromatic N) is 2. The molecular weight excluding hydrogens is 276 g/mol. The van der Waals surface area contributed by atoms with Crippen LogP contribution in [0.4, 0.5) is 0 Å². The number of hydrogen-bond donors (Lipinski definition) is 1. The second-order valence-electron chi connectivity index (χ2n) is 5.78. The molecule has 0 unspecified atom stereocenters. The van der Waals surface area contributed by atoms with E-state index in [9.17, 15) is 5.11 Å². The fraction of sp³-hybridized carbons (Fsp3) is 0.389. The van der Waals surface area contributed by atoms with Gasteiger partial charge in [-0.15, -0.1) is 0 Å². The van der Waals surface area contributed by atoms with Gasteiger partial charge in [0, 0.05) is 37.6 Å². The minimum Gasteiger partial charge on any atom is -0.492 e. The van der Waals surface area contributed by atoms with Gasteiger partial charge in [0.2, 0.25) is 0 Å². The first-order chi connectivity index (χ1) is 10.8. The Morgan fingerprint density at radius 2 is 1.86 bits per heavy atom. The maximum absolute atomic E-state index is 10.8. The van der Waals surface area contributed by atoms with E-state index in [-0.39, 0.29) is 0 Å². The molecule has 0 atom stereocenters. The number of aliphatic hydroxyl groups is 1. The molecular formula is C18H22N2O2. The quantitative estimate of drug-likeness (QED) is 0.921. The standard InChI is InChI=1S/C18H22N2O2/c21-18(16-5-4-10-19-15-16)8-11-20(12-9-18)13-14-22-17-6-2-1-3-7-17/h1-7,10,15,21H,8-9,11-14H2. The van der Waals surface area contributed by atoms with Crippen LogP contribution in [0.2, 0.25) is 0 Å². The van der Waals surface area contributed by atoms with E-state index in [1.165, 1.54) is 0 Å². The number of ether oxygens (including phenoxy) is 1. The van der Waals surface area contributed by atoms with Crippen molar-refractivity contribution >= 4 is 0 Å². The molecule has 22 heavy (non-hydrogen) atoms. The van der Waals surface area contributed by atoms with Gasteiger partial charge in [-0.3, -0.25) is 9.88 Å². The molecule has 1 aromatic heterocycles. The lowest BCUT2D eigenvalue weighted by Gasteiger charge is -2.38. The number of benzene rings is 1. The van der Waals surface area contributed by atoms with Gasteiger partial charge in [-0.25, -0.2) is 0 Å². The highest BCUT2D eigenvalue weighted by Crippen LogP contribution is 2.32. The summed E-state index contributed by atoms with van der Waals surface area (Å²) in [7, 11) is 0. The molecule has 1 saturated heterocycles. The summed E-state index contributed by atoms with van der Waals surface area (Å²) in [6.45, 7) is 3.32. The number of hydrogen-bond acceptors (Lipinski definition) is 4. The Kier molecular flexibility index (Phi) is 4.71. The van der Waals surface area contributed by atoms with Gasteiger partial charge in [0.25, 0.3) is 0 Å². The molecule has 0 amide bonds. The molecule has 1 aliphatic rings. The minimum atomic E-state index is -0.731. The third kappa shape index (κ3) is 3.64. The number of aromatic nitrogens is 1. The molecule has 4 heteroatoms. The van der Waals surface area contributed by atoms with Gasteiger partial charge >= 0.3 is 0 Å². The minimum absolute atomic E-state index is 0.676. The monoisotopic (exact) mass is 298 g/mol. The molecule has 0 bridgehead atoms. The number of rotatable bonds is 5. The summed E-state index contributed by atoms with van der Waals surface area (Å²) in [5.41, 5.74) is 0.195. The fourth-order valence-electron chi connectivity index (χ4n) is 2.88. The summed E-state index contributed by atoms with van der Waals surface area (Å²) >= 11 is 0. The number of likely N-dealkylation sites (tertiary alicyclic amines) is 1. The first kappa shape index (κ1) is 15.0. The van der Waals surface area contributed by atoms with Crippen molar-refractivity contribution in [3.8, 4) is 5.75 Å². The SMILES string of the molecule is OC1(c2cccnc2)CCN(CCOc2ccccc2)CC1. The summed E-state index contributed by atoms with van der Waals surface area (Å²) in [5.74, 6) is 0.909. The Labute approximate surface area is 131 Å². The Hall–Kier alpha value is -1.91. The number of piperidine rings is 1. The zero-order valence-corrected chi connectivity index (χ0v) is 12.7. The van der Waals surface area contributed by atoms with Gasteiger partial charge in [-0.1, -0.05) is 24.3 Å². The van der Waals surface area contributed by atoms with Crippen LogP contribution in [0.15, 0.2) is 54.9 Å². The second kappa shape index (κ2) is 6.90. The molecule has 0 aliphatic carbocycles. The Morgan fingerprint density at radius 3 is 2.55 bits per heavy atom. The first-order valence-electron chi connectivity index (χ1n) is 7.79. The highest BCUT2D eigenvalue weighted by atomic mass is 16.5. The Morgan fingerprint density at radius 1 is 1.09 bits per heavy atom. The average molecular weight is 298 g/mol. The van der Waals surface area contributed by atoms with E-state index in [0.717, 1.165) is 43.8 Å². The van der Waals surface area contributed by atoms with Gasteiger partial charge in [0.15, 0.2) is 0 Å². The zero-order valence-electron chi connectivity index (χ0n) is 12.7. The van der Waals surface area contributed by atoms with Crippen LogP contribution in [0.25, 0.3) is 0 Å². The smallest absolute Gasteiger partial charge is 0.119 e. The molecule has 0 spiro atoms. The topological polar surface area (TPSA) is 45.6 Å². The van der Waals surface area contributed by atoms with Crippen LogP contribution in [0.5, 0.6) is 5.75 Å². The molecule has 1 N–H and O–H groups in total. The first-order valence-corrected chi connectivity index (χ1v) is 7.79. The molecule has 0 radical (unpaired) electrons. The summed E-state index contributed by atoms with van der Waals surface area (Å²) in [6.07, 6.45) is 4.99. The highest BCUT2D eigenvalue weighted by molar-refractivity contribution is 5.21. The molecule has 1 fully saturated rings. The second-order valence-corrected chi connectivity index (χ2v) is 5.78. The van der Waals surface area contributed by atoms with Crippen LogP contribution in [0.3, 0.4) is 0 Å². The van der Waals surface area contributed by atoms with Crippen molar-refractivity contribution < 1.29 is 9.84 Å². The van der Waals surface area contributed by atoms with Crippen LogP contribution < -0.4 is 4.74 Å². The van der Waals surface area contributed by atoms with Crippen LogP contribution in [0, 0.1) is 0 Å². The molecule has 2 aromatic rings. The van der Waals surface area contributed by atoms with Crippen molar-refractivity contribution in [2.75, 3.05) is 26.2 Å². The molecule has 4 nitrogen and oxygen atoms in total. The van der Waals surface area contributed by atoms with E-state index in [2.05, 4.69) is 9.88 Å². The Balaban J connectivity index is 1.46. The van der Waals surface area contributed by atoms with Gasteiger partial charge in [0.05, 0.1) is 5.60 Å². The van der Waals surface area contributed by atoms with E-state index in [0.29, 0.717) is 6.61 Å². The van der Waals surface area contributed by atoms with Crippen LogP contribution >= 0.6 is 0 Å². The highest BCUT2D eigenvalue weighted by Gasteiger charge is 2.33. The zero-order chi connectivity index (χ0) is 15.3. The summed E-state index contributed by atoms with van der Waals surface area (Å²) < 4.78 is 5.73. The lowest BCUT2D eigenvalue weighted by Crippen LogP contribution is -2.43. The predicted octanol–water partition coefficient (Wildman–Crippen LogP) is 2.44. The summed E-state index contributed by atoms with van der Waals surface area (Å²) in [6, 6.07) is 13.7. The fourth-order valence-corrected chi connectivity index (χ4v) is 2.88. The van der Waals surface area contributed by atoms with Crippen LogP contribution in [-0.2, 0) is 5.60 Å². The van der Waals surface area contributed by atoms with E-state index < -0.39 is 5.60 Å². The van der Waals surface area contributed by atoms with Crippen molar-refractivity contribution in [1.82, 2.24) is 9.88 Å². The maximum atomic E-state index is 10.8. The third-order valence-corrected chi connectivity index (χ3v) is 4.30. The normalized spacial score (nSPS) is 18.0. The largest absolute Gasteiger partial charge is 0.492 e. The van der Waals surface area contributed by atoms with Gasteiger partial charge in [-0.05, 0) is 31.0 Å². The van der Waals surface area contributed by atoms with Crippen LogP contribution in [-0.4, -0.2) is 41.2 Å².